The number of carbonyl (C=O) groups is 1. The molecule has 1 aromatic heterocycles. The minimum Gasteiger partial charge on any atom is -0.492 e. The Morgan fingerprint density at radius 2 is 1.95 bits per heavy atom. The Hall–Kier alpha value is -3.98. The first-order valence-corrected chi connectivity index (χ1v) is 12.7. The van der Waals surface area contributed by atoms with E-state index in [0.29, 0.717) is 26.0 Å². The monoisotopic (exact) mass is 501 g/mol. The van der Waals surface area contributed by atoms with E-state index in [-0.39, 0.29) is 28.5 Å². The first-order valence-electron chi connectivity index (χ1n) is 12.7. The smallest absolute Gasteiger partial charge is 0.269 e. The van der Waals surface area contributed by atoms with E-state index < -0.39 is 0 Å². The molecule has 2 unspecified atom stereocenters. The summed E-state index contributed by atoms with van der Waals surface area (Å²) in [6.45, 7) is 4.14. The van der Waals surface area contributed by atoms with Crippen molar-refractivity contribution in [3.8, 4) is 5.75 Å². The quantitative estimate of drug-likeness (QED) is 0.355. The topological polar surface area (TPSA) is 101 Å². The van der Waals surface area contributed by atoms with Crippen LogP contribution in [0, 0.1) is 16.0 Å². The number of nitrogens with zero attached hydrogens (tertiary/aromatic N) is 4. The highest BCUT2D eigenvalue weighted by molar-refractivity contribution is 5.82. The van der Waals surface area contributed by atoms with E-state index in [9.17, 15) is 14.9 Å². The fourth-order valence-corrected chi connectivity index (χ4v) is 5.29. The molecule has 0 spiro atoms. The Morgan fingerprint density at radius 3 is 2.73 bits per heavy atom. The number of nitro groups is 1. The minimum absolute atomic E-state index is 0.0192. The van der Waals surface area contributed by atoms with E-state index in [0.717, 1.165) is 48.9 Å². The average molecular weight is 502 g/mol. The molecule has 5 rings (SSSR count). The molecule has 9 heteroatoms. The molecule has 1 N–H and O–H groups in total. The molecule has 2 atom stereocenters. The van der Waals surface area contributed by atoms with Crippen molar-refractivity contribution in [2.45, 2.75) is 18.9 Å². The van der Waals surface area contributed by atoms with Crippen molar-refractivity contribution in [1.29, 1.82) is 0 Å². The standard InChI is InChI=1S/C28H31N5O4/c34-28(30-13-11-22-6-4-5-12-29-22)25-19-21-18-23(33(35)36)9-10-26(21)32-15-14-31(20-27(25)32)16-17-37-24-7-2-1-3-8-24/h1-10,12,18,25,27H,11,13-17,19-20H2,(H,30,34). The van der Waals surface area contributed by atoms with Crippen molar-refractivity contribution < 1.29 is 14.5 Å². The normalized spacial score (nSPS) is 19.0. The fraction of sp³-hybridized carbons (Fsp3) is 0.357. The Labute approximate surface area is 216 Å². The zero-order valence-electron chi connectivity index (χ0n) is 20.7. The minimum atomic E-state index is -0.376. The van der Waals surface area contributed by atoms with Crippen LogP contribution in [0.2, 0.25) is 0 Å². The zero-order chi connectivity index (χ0) is 25.6. The van der Waals surface area contributed by atoms with Gasteiger partial charge in [0.25, 0.3) is 5.69 Å². The maximum absolute atomic E-state index is 13.4. The number of piperazine rings is 1. The van der Waals surface area contributed by atoms with Gasteiger partial charge >= 0.3 is 0 Å². The van der Waals surface area contributed by atoms with Gasteiger partial charge < -0.3 is 15.0 Å². The number of hydrogen-bond acceptors (Lipinski definition) is 7. The molecular weight excluding hydrogens is 470 g/mol. The average Bonchev–Trinajstić information content (AvgIpc) is 2.93. The molecule has 37 heavy (non-hydrogen) atoms. The van der Waals surface area contributed by atoms with E-state index in [1.807, 2.05) is 54.6 Å². The summed E-state index contributed by atoms with van der Waals surface area (Å²) >= 11 is 0. The molecule has 0 radical (unpaired) electrons. The highest BCUT2D eigenvalue weighted by Gasteiger charge is 2.41. The van der Waals surface area contributed by atoms with Crippen LogP contribution in [0.3, 0.4) is 0 Å². The van der Waals surface area contributed by atoms with Crippen molar-refractivity contribution in [1.82, 2.24) is 15.2 Å². The van der Waals surface area contributed by atoms with Crippen molar-refractivity contribution in [3.63, 3.8) is 0 Å². The molecule has 2 aliphatic heterocycles. The summed E-state index contributed by atoms with van der Waals surface area (Å²) in [5.74, 6) is 0.515. The molecule has 0 bridgehead atoms. The summed E-state index contributed by atoms with van der Waals surface area (Å²) in [4.78, 5) is 33.4. The number of non-ortho nitro benzene ring substituents is 1. The largest absolute Gasteiger partial charge is 0.492 e. The fourth-order valence-electron chi connectivity index (χ4n) is 5.29. The van der Waals surface area contributed by atoms with E-state index >= 15 is 0 Å². The molecular formula is C28H31N5O4. The number of nitrogens with one attached hydrogen (secondary N) is 1. The van der Waals surface area contributed by atoms with Crippen molar-refractivity contribution in [2.24, 2.45) is 5.92 Å². The van der Waals surface area contributed by atoms with E-state index in [4.69, 9.17) is 4.74 Å². The van der Waals surface area contributed by atoms with Crippen molar-refractivity contribution in [3.05, 3.63) is 94.3 Å². The number of benzene rings is 2. The third kappa shape index (κ3) is 5.89. The van der Waals surface area contributed by atoms with Crippen LogP contribution in [-0.2, 0) is 17.6 Å². The second kappa shape index (κ2) is 11.4. The molecule has 3 aromatic rings. The number of carbonyl (C=O) groups excluding carboxylic acids is 1. The molecule has 1 saturated heterocycles. The number of aromatic nitrogens is 1. The van der Waals surface area contributed by atoms with Crippen LogP contribution in [0.1, 0.15) is 11.3 Å². The van der Waals surface area contributed by atoms with Gasteiger partial charge in [0.1, 0.15) is 12.4 Å². The third-order valence-corrected chi connectivity index (χ3v) is 7.15. The Morgan fingerprint density at radius 1 is 1.11 bits per heavy atom. The Bertz CT molecular complexity index is 1220. The van der Waals surface area contributed by atoms with E-state index in [1.54, 1.807) is 18.3 Å². The van der Waals surface area contributed by atoms with Crippen molar-refractivity contribution in [2.75, 3.05) is 44.2 Å². The first kappa shape index (κ1) is 24.7. The number of ether oxygens (including phenoxy) is 1. The highest BCUT2D eigenvalue weighted by atomic mass is 16.6. The van der Waals surface area contributed by atoms with Crippen LogP contribution in [0.4, 0.5) is 11.4 Å². The van der Waals surface area contributed by atoms with Gasteiger partial charge in [0, 0.05) is 68.9 Å². The lowest BCUT2D eigenvalue weighted by Gasteiger charge is -2.49. The number of pyridine rings is 1. The number of nitro benzene ring substituents is 1. The number of rotatable bonds is 9. The van der Waals surface area contributed by atoms with Crippen LogP contribution in [0.5, 0.6) is 5.75 Å². The third-order valence-electron chi connectivity index (χ3n) is 7.15. The van der Waals surface area contributed by atoms with Crippen LogP contribution >= 0.6 is 0 Å². The molecule has 9 nitrogen and oxygen atoms in total. The molecule has 1 amide bonds. The number of para-hydroxylation sites is 1. The van der Waals surface area contributed by atoms with Gasteiger partial charge in [-0.1, -0.05) is 24.3 Å². The predicted octanol–water partition coefficient (Wildman–Crippen LogP) is 3.09. The van der Waals surface area contributed by atoms with Crippen LogP contribution in [-0.4, -0.2) is 66.1 Å². The summed E-state index contributed by atoms with van der Waals surface area (Å²) in [6, 6.07) is 20.5. The van der Waals surface area contributed by atoms with Crippen molar-refractivity contribution >= 4 is 17.3 Å². The highest BCUT2D eigenvalue weighted by Crippen LogP contribution is 2.37. The van der Waals surface area contributed by atoms with Gasteiger partial charge in [-0.25, -0.2) is 0 Å². The molecule has 2 aliphatic rings. The van der Waals surface area contributed by atoms with Gasteiger partial charge in [0.05, 0.1) is 16.9 Å². The number of anilines is 1. The van der Waals surface area contributed by atoms with Crippen LogP contribution in [0.25, 0.3) is 0 Å². The summed E-state index contributed by atoms with van der Waals surface area (Å²) < 4.78 is 5.90. The second-order valence-corrected chi connectivity index (χ2v) is 9.47. The van der Waals surface area contributed by atoms with Crippen LogP contribution in [0.15, 0.2) is 72.9 Å². The van der Waals surface area contributed by atoms with Gasteiger partial charge in [-0.2, -0.15) is 0 Å². The Balaban J connectivity index is 1.28. The summed E-state index contributed by atoms with van der Waals surface area (Å²) in [5.41, 5.74) is 2.84. The van der Waals surface area contributed by atoms with E-state index in [1.165, 1.54) is 0 Å². The lowest BCUT2D eigenvalue weighted by molar-refractivity contribution is -0.384. The molecule has 0 saturated carbocycles. The second-order valence-electron chi connectivity index (χ2n) is 9.47. The molecule has 3 heterocycles. The maximum Gasteiger partial charge on any atom is 0.269 e. The molecule has 2 aromatic carbocycles. The summed E-state index contributed by atoms with van der Waals surface area (Å²) in [7, 11) is 0. The number of hydrogen-bond donors (Lipinski definition) is 1. The van der Waals surface area contributed by atoms with Gasteiger partial charge in [-0.05, 0) is 42.3 Å². The molecule has 1 fully saturated rings. The van der Waals surface area contributed by atoms with Gasteiger partial charge in [-0.15, -0.1) is 0 Å². The van der Waals surface area contributed by atoms with Gasteiger partial charge in [0.15, 0.2) is 0 Å². The SMILES string of the molecule is O=C(NCCc1ccccn1)C1Cc2cc([N+](=O)[O-])ccc2N2CCN(CCOc3ccccc3)CC12. The van der Waals surface area contributed by atoms with Crippen LogP contribution < -0.4 is 15.0 Å². The predicted molar refractivity (Wildman–Crippen MR) is 141 cm³/mol. The number of fused-ring (bicyclic) bond motifs is 3. The van der Waals surface area contributed by atoms with Gasteiger partial charge in [0.2, 0.25) is 5.91 Å². The summed E-state index contributed by atoms with van der Waals surface area (Å²) in [5, 5.41) is 14.5. The Kier molecular flexibility index (Phi) is 7.60. The summed E-state index contributed by atoms with van der Waals surface area (Å²) in [6.07, 6.45) is 2.87. The molecule has 192 valence electrons. The lowest BCUT2D eigenvalue weighted by Crippen LogP contribution is -2.61. The van der Waals surface area contributed by atoms with Gasteiger partial charge in [-0.3, -0.25) is 24.8 Å². The molecule has 0 aliphatic carbocycles. The lowest BCUT2D eigenvalue weighted by atomic mass is 9.83. The zero-order valence-corrected chi connectivity index (χ0v) is 20.7. The maximum atomic E-state index is 13.4. The number of amides is 1. The first-order chi connectivity index (χ1) is 18.1. The van der Waals surface area contributed by atoms with E-state index in [2.05, 4.69) is 20.1 Å².